The predicted octanol–water partition coefficient (Wildman–Crippen LogP) is 2.99. The standard InChI is InChI=1S/C14H14N2O4/c1-10(2)20-14-6-5-11(8-13(14)16(18)19)15-7-3-4-12(15)9-17/h3-10H,1-2H3. The molecule has 0 spiro atoms. The van der Waals surface area contributed by atoms with Gasteiger partial charge in [-0.3, -0.25) is 14.9 Å². The van der Waals surface area contributed by atoms with E-state index in [0.717, 1.165) is 0 Å². The molecule has 0 bridgehead atoms. The maximum Gasteiger partial charge on any atom is 0.313 e. The maximum atomic E-state index is 11.1. The highest BCUT2D eigenvalue weighted by Gasteiger charge is 2.18. The number of nitro groups is 1. The molecule has 104 valence electrons. The summed E-state index contributed by atoms with van der Waals surface area (Å²) in [7, 11) is 0. The molecule has 0 saturated carbocycles. The number of aromatic nitrogens is 1. The van der Waals surface area contributed by atoms with Crippen LogP contribution in [-0.4, -0.2) is 21.9 Å². The van der Waals surface area contributed by atoms with Crippen molar-refractivity contribution < 1.29 is 14.5 Å². The lowest BCUT2D eigenvalue weighted by Gasteiger charge is -2.11. The first-order valence-corrected chi connectivity index (χ1v) is 6.11. The Morgan fingerprint density at radius 2 is 2.10 bits per heavy atom. The van der Waals surface area contributed by atoms with Crippen molar-refractivity contribution in [3.8, 4) is 11.4 Å². The van der Waals surface area contributed by atoms with Gasteiger partial charge in [-0.05, 0) is 38.1 Å². The Balaban J connectivity index is 2.50. The van der Waals surface area contributed by atoms with Crippen LogP contribution in [0.2, 0.25) is 0 Å². The quantitative estimate of drug-likeness (QED) is 0.477. The van der Waals surface area contributed by atoms with Crippen molar-refractivity contribution in [2.45, 2.75) is 20.0 Å². The summed E-state index contributed by atoms with van der Waals surface area (Å²) < 4.78 is 7.00. The van der Waals surface area contributed by atoms with E-state index in [2.05, 4.69) is 0 Å². The third-order valence-electron chi connectivity index (χ3n) is 2.68. The van der Waals surface area contributed by atoms with Crippen LogP contribution >= 0.6 is 0 Å². The molecule has 0 atom stereocenters. The summed E-state index contributed by atoms with van der Waals surface area (Å²) in [6, 6.07) is 7.95. The van der Waals surface area contributed by atoms with Gasteiger partial charge in [-0.15, -0.1) is 0 Å². The molecule has 0 aliphatic heterocycles. The number of rotatable bonds is 5. The lowest BCUT2D eigenvalue weighted by molar-refractivity contribution is -0.386. The van der Waals surface area contributed by atoms with Crippen LogP contribution in [0, 0.1) is 10.1 Å². The number of nitrogens with zero attached hydrogens (tertiary/aromatic N) is 2. The average molecular weight is 274 g/mol. The van der Waals surface area contributed by atoms with Crippen molar-refractivity contribution in [1.29, 1.82) is 0 Å². The molecule has 0 unspecified atom stereocenters. The molecule has 0 aliphatic rings. The predicted molar refractivity (Wildman–Crippen MR) is 73.6 cm³/mol. The van der Waals surface area contributed by atoms with Gasteiger partial charge in [0.05, 0.1) is 22.4 Å². The fourth-order valence-electron chi connectivity index (χ4n) is 1.88. The molecule has 1 heterocycles. The van der Waals surface area contributed by atoms with Gasteiger partial charge in [0.15, 0.2) is 12.0 Å². The normalized spacial score (nSPS) is 10.6. The van der Waals surface area contributed by atoms with Gasteiger partial charge in [-0.1, -0.05) is 0 Å². The highest BCUT2D eigenvalue weighted by atomic mass is 16.6. The van der Waals surface area contributed by atoms with E-state index in [9.17, 15) is 14.9 Å². The Morgan fingerprint density at radius 1 is 1.35 bits per heavy atom. The number of hydrogen-bond acceptors (Lipinski definition) is 4. The fourth-order valence-corrected chi connectivity index (χ4v) is 1.88. The lowest BCUT2D eigenvalue weighted by Crippen LogP contribution is -2.08. The summed E-state index contributed by atoms with van der Waals surface area (Å²) in [6.45, 7) is 3.60. The van der Waals surface area contributed by atoms with Crippen LogP contribution in [0.25, 0.3) is 5.69 Å². The number of aldehydes is 1. The van der Waals surface area contributed by atoms with E-state index < -0.39 is 4.92 Å². The second kappa shape index (κ2) is 5.56. The minimum absolute atomic E-state index is 0.123. The monoisotopic (exact) mass is 274 g/mol. The number of benzene rings is 1. The van der Waals surface area contributed by atoms with Crippen LogP contribution in [0.1, 0.15) is 24.3 Å². The Bertz CT molecular complexity index is 646. The fraction of sp³-hybridized carbons (Fsp3) is 0.214. The zero-order chi connectivity index (χ0) is 14.7. The van der Waals surface area contributed by atoms with Crippen molar-refractivity contribution in [1.82, 2.24) is 4.57 Å². The summed E-state index contributed by atoms with van der Waals surface area (Å²) in [5.41, 5.74) is 0.846. The third-order valence-corrected chi connectivity index (χ3v) is 2.68. The van der Waals surface area contributed by atoms with Crippen LogP contribution in [-0.2, 0) is 0 Å². The van der Waals surface area contributed by atoms with Gasteiger partial charge in [0.2, 0.25) is 0 Å². The van der Waals surface area contributed by atoms with Gasteiger partial charge in [0.25, 0.3) is 0 Å². The molecule has 0 amide bonds. The smallest absolute Gasteiger partial charge is 0.313 e. The van der Waals surface area contributed by atoms with Crippen molar-refractivity contribution in [2.24, 2.45) is 0 Å². The molecule has 0 N–H and O–H groups in total. The first kappa shape index (κ1) is 13.8. The molecule has 0 fully saturated rings. The van der Waals surface area contributed by atoms with Crippen LogP contribution in [0.15, 0.2) is 36.5 Å². The van der Waals surface area contributed by atoms with Crippen LogP contribution < -0.4 is 4.74 Å². The maximum absolute atomic E-state index is 11.1. The molecule has 0 saturated heterocycles. The summed E-state index contributed by atoms with van der Waals surface area (Å²) in [6.07, 6.45) is 2.22. The van der Waals surface area contributed by atoms with E-state index in [1.54, 1.807) is 48.9 Å². The first-order valence-electron chi connectivity index (χ1n) is 6.11. The Kier molecular flexibility index (Phi) is 3.84. The van der Waals surface area contributed by atoms with E-state index >= 15 is 0 Å². The highest BCUT2D eigenvalue weighted by Crippen LogP contribution is 2.30. The molecule has 2 aromatic rings. The number of hydrogen-bond donors (Lipinski definition) is 0. The SMILES string of the molecule is CC(C)Oc1ccc(-n2cccc2C=O)cc1[N+](=O)[O-]. The average Bonchev–Trinajstić information content (AvgIpc) is 2.86. The zero-order valence-electron chi connectivity index (χ0n) is 11.1. The number of carbonyl (C=O) groups excluding carboxylic acids is 1. The zero-order valence-corrected chi connectivity index (χ0v) is 11.1. The molecule has 1 aromatic carbocycles. The minimum atomic E-state index is -0.495. The Morgan fingerprint density at radius 3 is 2.70 bits per heavy atom. The van der Waals surface area contributed by atoms with E-state index in [4.69, 9.17) is 4.74 Å². The minimum Gasteiger partial charge on any atom is -0.484 e. The Labute approximate surface area is 115 Å². The van der Waals surface area contributed by atoms with E-state index in [0.29, 0.717) is 17.7 Å². The molecule has 0 radical (unpaired) electrons. The number of ether oxygens (including phenoxy) is 1. The van der Waals surface area contributed by atoms with Crippen molar-refractivity contribution in [2.75, 3.05) is 0 Å². The summed E-state index contributed by atoms with van der Waals surface area (Å²) in [5, 5.41) is 11.1. The van der Waals surface area contributed by atoms with E-state index in [1.807, 2.05) is 0 Å². The second-order valence-electron chi connectivity index (χ2n) is 4.50. The van der Waals surface area contributed by atoms with Gasteiger partial charge in [0.1, 0.15) is 0 Å². The molecular weight excluding hydrogens is 260 g/mol. The van der Waals surface area contributed by atoms with Gasteiger partial charge < -0.3 is 9.30 Å². The molecule has 2 rings (SSSR count). The van der Waals surface area contributed by atoms with Gasteiger partial charge in [-0.2, -0.15) is 0 Å². The van der Waals surface area contributed by atoms with Crippen molar-refractivity contribution in [3.63, 3.8) is 0 Å². The van der Waals surface area contributed by atoms with E-state index in [-0.39, 0.29) is 17.5 Å². The first-order chi connectivity index (χ1) is 9.52. The lowest BCUT2D eigenvalue weighted by atomic mass is 10.2. The largest absolute Gasteiger partial charge is 0.484 e. The van der Waals surface area contributed by atoms with E-state index in [1.165, 1.54) is 6.07 Å². The van der Waals surface area contributed by atoms with Crippen molar-refractivity contribution in [3.05, 3.63) is 52.3 Å². The highest BCUT2D eigenvalue weighted by molar-refractivity contribution is 5.74. The second-order valence-corrected chi connectivity index (χ2v) is 4.50. The summed E-state index contributed by atoms with van der Waals surface area (Å²) in [5.74, 6) is 0.216. The van der Waals surface area contributed by atoms with Crippen molar-refractivity contribution >= 4 is 12.0 Å². The van der Waals surface area contributed by atoms with Crippen LogP contribution in [0.3, 0.4) is 0 Å². The molecule has 1 aromatic heterocycles. The molecule has 20 heavy (non-hydrogen) atoms. The summed E-state index contributed by atoms with van der Waals surface area (Å²) >= 11 is 0. The van der Waals surface area contributed by atoms with Gasteiger partial charge in [-0.25, -0.2) is 0 Å². The number of carbonyl (C=O) groups is 1. The molecule has 0 aliphatic carbocycles. The van der Waals surface area contributed by atoms with Crippen LogP contribution in [0.5, 0.6) is 5.75 Å². The van der Waals surface area contributed by atoms with Gasteiger partial charge in [0, 0.05) is 12.3 Å². The Hall–Kier alpha value is -2.63. The molecular formula is C14H14N2O4. The number of nitro benzene ring substituents is 1. The molecule has 6 heteroatoms. The van der Waals surface area contributed by atoms with Crippen LogP contribution in [0.4, 0.5) is 5.69 Å². The molecule has 6 nitrogen and oxygen atoms in total. The van der Waals surface area contributed by atoms with Gasteiger partial charge >= 0.3 is 5.69 Å². The third kappa shape index (κ3) is 2.69. The summed E-state index contributed by atoms with van der Waals surface area (Å²) in [4.78, 5) is 21.5. The topological polar surface area (TPSA) is 74.4 Å².